The molecule has 7 heteroatoms. The monoisotopic (exact) mass is 640 g/mol. The zero-order valence-electron chi connectivity index (χ0n) is 28.3. The molecule has 5 N–H and O–H groups in total. The van der Waals surface area contributed by atoms with Crippen molar-refractivity contribution in [3.63, 3.8) is 0 Å². The third-order valence-corrected chi connectivity index (χ3v) is 8.82. The van der Waals surface area contributed by atoms with Gasteiger partial charge in [-0.2, -0.15) is 0 Å². The molecule has 0 saturated heterocycles. The lowest BCUT2D eigenvalue weighted by Gasteiger charge is -2.32. The van der Waals surface area contributed by atoms with Crippen molar-refractivity contribution in [3.8, 4) is 17.2 Å². The SMILES string of the molecule is CC(C)N(CC[C@H](c1ccccc1)c1cc(CCOc2cccc(CCNC[C@H](O)c3ccc(O)c(CO)c3)c2)ccc1O)C(C)C. The highest BCUT2D eigenvalue weighted by Crippen LogP contribution is 2.35. The Morgan fingerprint density at radius 3 is 2.19 bits per heavy atom. The quantitative estimate of drug-likeness (QED) is 0.0770. The Labute approximate surface area is 280 Å². The molecular formula is C40H52N2O5. The van der Waals surface area contributed by atoms with Gasteiger partial charge in [0.1, 0.15) is 17.2 Å². The Bertz CT molecular complexity index is 1520. The molecule has 47 heavy (non-hydrogen) atoms. The normalized spacial score (nSPS) is 13.0. The fraction of sp³-hybridized carbons (Fsp3) is 0.400. The van der Waals surface area contributed by atoms with E-state index in [1.807, 2.05) is 30.3 Å². The highest BCUT2D eigenvalue weighted by atomic mass is 16.5. The van der Waals surface area contributed by atoms with Crippen LogP contribution >= 0.6 is 0 Å². The lowest BCUT2D eigenvalue weighted by molar-refractivity contribution is 0.170. The van der Waals surface area contributed by atoms with Gasteiger partial charge < -0.3 is 30.5 Å². The van der Waals surface area contributed by atoms with Gasteiger partial charge in [-0.1, -0.05) is 60.7 Å². The molecule has 0 aromatic heterocycles. The Morgan fingerprint density at radius 2 is 1.47 bits per heavy atom. The van der Waals surface area contributed by atoms with Gasteiger partial charge in [0.2, 0.25) is 0 Å². The van der Waals surface area contributed by atoms with Gasteiger partial charge in [-0.3, -0.25) is 4.90 Å². The van der Waals surface area contributed by atoms with Crippen LogP contribution in [0.25, 0.3) is 0 Å². The lowest BCUT2D eigenvalue weighted by atomic mass is 9.86. The minimum Gasteiger partial charge on any atom is -0.508 e. The van der Waals surface area contributed by atoms with Gasteiger partial charge in [-0.05, 0) is 106 Å². The number of ether oxygens (including phenoxy) is 1. The smallest absolute Gasteiger partial charge is 0.121 e. The summed E-state index contributed by atoms with van der Waals surface area (Å²) in [6, 6.07) is 30.2. The summed E-state index contributed by atoms with van der Waals surface area (Å²) in [5.41, 5.74) is 5.47. The summed E-state index contributed by atoms with van der Waals surface area (Å²) in [7, 11) is 0. The Balaban J connectivity index is 1.32. The topological polar surface area (TPSA) is 105 Å². The van der Waals surface area contributed by atoms with Crippen LogP contribution in [0, 0.1) is 0 Å². The van der Waals surface area contributed by atoms with Gasteiger partial charge in [0.15, 0.2) is 0 Å². The standard InChI is InChI=1S/C40H52N2O5/c1-28(2)42(29(3)4)21-18-36(32-10-6-5-7-11-32)37-24-31(13-15-39(37)45)19-22-47-35-12-8-9-30(23-35)17-20-41-26-40(46)33-14-16-38(44)34(25-33)27-43/h5-16,23-25,28-29,36,40-41,43-46H,17-22,26-27H2,1-4H3/t36-,40+/m1/s1. The fourth-order valence-electron chi connectivity index (χ4n) is 6.22. The van der Waals surface area contributed by atoms with Crippen LogP contribution in [0.4, 0.5) is 0 Å². The molecule has 4 aromatic rings. The van der Waals surface area contributed by atoms with E-state index in [1.165, 1.54) is 11.6 Å². The maximum Gasteiger partial charge on any atom is 0.121 e. The summed E-state index contributed by atoms with van der Waals surface area (Å²) in [6.07, 6.45) is 1.66. The second kappa shape index (κ2) is 17.9. The van der Waals surface area contributed by atoms with Crippen LogP contribution in [0.5, 0.6) is 17.2 Å². The van der Waals surface area contributed by atoms with Crippen LogP contribution in [0.1, 0.15) is 79.5 Å². The van der Waals surface area contributed by atoms with Gasteiger partial charge in [-0.15, -0.1) is 0 Å². The Kier molecular flexibility index (Phi) is 13.7. The molecule has 0 bridgehead atoms. The predicted molar refractivity (Wildman–Crippen MR) is 189 cm³/mol. The molecule has 0 radical (unpaired) electrons. The number of aliphatic hydroxyl groups is 2. The van der Waals surface area contributed by atoms with E-state index in [1.54, 1.807) is 12.1 Å². The number of hydrogen-bond donors (Lipinski definition) is 5. The summed E-state index contributed by atoms with van der Waals surface area (Å²) in [6.45, 7) is 11.2. The third kappa shape index (κ3) is 10.6. The van der Waals surface area contributed by atoms with E-state index in [9.17, 15) is 20.4 Å². The molecule has 0 heterocycles. The summed E-state index contributed by atoms with van der Waals surface area (Å²) in [5, 5.41) is 43.9. The highest BCUT2D eigenvalue weighted by molar-refractivity contribution is 5.44. The molecule has 4 rings (SSSR count). The van der Waals surface area contributed by atoms with E-state index in [0.717, 1.165) is 48.2 Å². The van der Waals surface area contributed by atoms with Gasteiger partial charge in [0, 0.05) is 42.1 Å². The third-order valence-electron chi connectivity index (χ3n) is 8.82. The van der Waals surface area contributed by atoms with Crippen LogP contribution < -0.4 is 10.1 Å². The van der Waals surface area contributed by atoms with E-state index in [-0.39, 0.29) is 18.3 Å². The first-order valence-electron chi connectivity index (χ1n) is 16.8. The van der Waals surface area contributed by atoms with E-state index in [0.29, 0.717) is 48.7 Å². The molecule has 0 aliphatic rings. The first kappa shape index (κ1) is 36.0. The molecule has 7 nitrogen and oxygen atoms in total. The number of hydrogen-bond acceptors (Lipinski definition) is 7. The number of phenols is 2. The van der Waals surface area contributed by atoms with Gasteiger partial charge in [-0.25, -0.2) is 0 Å². The second-order valence-corrected chi connectivity index (χ2v) is 12.8. The molecule has 0 amide bonds. The fourth-order valence-corrected chi connectivity index (χ4v) is 6.22. The molecule has 0 aliphatic carbocycles. The first-order valence-corrected chi connectivity index (χ1v) is 16.8. The maximum atomic E-state index is 11.0. The molecule has 0 aliphatic heterocycles. The molecular weight excluding hydrogens is 588 g/mol. The molecule has 4 aromatic carbocycles. The van der Waals surface area contributed by atoms with Crippen LogP contribution in [0.3, 0.4) is 0 Å². The summed E-state index contributed by atoms with van der Waals surface area (Å²) < 4.78 is 6.16. The number of nitrogens with one attached hydrogen (secondary N) is 1. The van der Waals surface area contributed by atoms with Crippen molar-refractivity contribution in [1.29, 1.82) is 0 Å². The van der Waals surface area contributed by atoms with Gasteiger partial charge in [0.25, 0.3) is 0 Å². The molecule has 252 valence electrons. The zero-order valence-corrected chi connectivity index (χ0v) is 28.3. The largest absolute Gasteiger partial charge is 0.508 e. The molecule has 0 unspecified atom stereocenters. The van der Waals surface area contributed by atoms with Crippen molar-refractivity contribution in [2.45, 2.75) is 77.7 Å². The lowest BCUT2D eigenvalue weighted by Crippen LogP contribution is -2.38. The Morgan fingerprint density at radius 1 is 0.745 bits per heavy atom. The minimum absolute atomic E-state index is 0.0221. The maximum absolute atomic E-state index is 11.0. The van der Waals surface area contributed by atoms with Crippen LogP contribution in [0.2, 0.25) is 0 Å². The molecule has 0 saturated carbocycles. The van der Waals surface area contributed by atoms with Crippen molar-refractivity contribution < 1.29 is 25.2 Å². The number of benzene rings is 4. The highest BCUT2D eigenvalue weighted by Gasteiger charge is 2.22. The van der Waals surface area contributed by atoms with Crippen molar-refractivity contribution in [3.05, 3.63) is 124 Å². The van der Waals surface area contributed by atoms with E-state index >= 15 is 0 Å². The second-order valence-electron chi connectivity index (χ2n) is 12.8. The van der Waals surface area contributed by atoms with E-state index < -0.39 is 6.10 Å². The predicted octanol–water partition coefficient (Wildman–Crippen LogP) is 6.72. The van der Waals surface area contributed by atoms with Crippen molar-refractivity contribution in [2.24, 2.45) is 0 Å². The number of rotatable bonds is 18. The molecule has 2 atom stereocenters. The number of aliphatic hydroxyl groups excluding tert-OH is 2. The number of phenolic OH excluding ortho intramolecular Hbond substituents is 1. The van der Waals surface area contributed by atoms with Crippen LogP contribution in [0.15, 0.2) is 91.0 Å². The Hall–Kier alpha value is -3.88. The number of nitrogens with zero attached hydrogens (tertiary/aromatic N) is 1. The van der Waals surface area contributed by atoms with Crippen molar-refractivity contribution in [2.75, 3.05) is 26.2 Å². The van der Waals surface area contributed by atoms with E-state index in [2.05, 4.69) is 80.4 Å². The average Bonchev–Trinajstić information content (AvgIpc) is 3.06. The summed E-state index contributed by atoms with van der Waals surface area (Å²) in [4.78, 5) is 2.50. The summed E-state index contributed by atoms with van der Waals surface area (Å²) in [5.74, 6) is 1.25. The molecule has 0 fully saturated rings. The van der Waals surface area contributed by atoms with Gasteiger partial charge in [0.05, 0.1) is 19.3 Å². The first-order chi connectivity index (χ1) is 22.7. The summed E-state index contributed by atoms with van der Waals surface area (Å²) >= 11 is 0. The van der Waals surface area contributed by atoms with Crippen LogP contribution in [-0.4, -0.2) is 63.7 Å². The average molecular weight is 641 g/mol. The number of aromatic hydroxyl groups is 2. The van der Waals surface area contributed by atoms with Gasteiger partial charge >= 0.3 is 0 Å². The van der Waals surface area contributed by atoms with Crippen molar-refractivity contribution >= 4 is 0 Å². The van der Waals surface area contributed by atoms with Crippen LogP contribution in [-0.2, 0) is 19.4 Å². The minimum atomic E-state index is -0.742. The zero-order chi connectivity index (χ0) is 33.8. The van der Waals surface area contributed by atoms with Crippen molar-refractivity contribution in [1.82, 2.24) is 10.2 Å². The van der Waals surface area contributed by atoms with E-state index in [4.69, 9.17) is 4.74 Å². The molecule has 0 spiro atoms.